The van der Waals surface area contributed by atoms with Crippen LogP contribution in [0.25, 0.3) is 0 Å². The zero-order chi connectivity index (χ0) is 13.8. The van der Waals surface area contributed by atoms with Crippen LogP contribution in [0.1, 0.15) is 12.5 Å². The molecule has 0 aliphatic rings. The summed E-state index contributed by atoms with van der Waals surface area (Å²) in [6, 6.07) is 10.5. The molecule has 0 saturated heterocycles. The zero-order valence-electron chi connectivity index (χ0n) is 10.5. The van der Waals surface area contributed by atoms with Gasteiger partial charge in [-0.15, -0.1) is 0 Å². The molecule has 0 saturated carbocycles. The second-order valence-electron chi connectivity index (χ2n) is 4.55. The molecular formula is C15H15F2NO. The number of hydrogen-bond acceptors (Lipinski definition) is 2. The van der Waals surface area contributed by atoms with Gasteiger partial charge >= 0.3 is 0 Å². The number of rotatable bonds is 4. The molecule has 1 atom stereocenters. The van der Waals surface area contributed by atoms with Crippen molar-refractivity contribution in [3.8, 4) is 5.75 Å². The van der Waals surface area contributed by atoms with Gasteiger partial charge in [0.2, 0.25) is 0 Å². The van der Waals surface area contributed by atoms with E-state index in [1.165, 1.54) is 24.3 Å². The van der Waals surface area contributed by atoms with Gasteiger partial charge < -0.3 is 10.4 Å². The molecule has 1 unspecified atom stereocenters. The largest absolute Gasteiger partial charge is 0.505 e. The SMILES string of the molecule is CC(Cc1cccc(F)c1)Nc1ccc(O)c(F)c1. The van der Waals surface area contributed by atoms with Crippen molar-refractivity contribution in [1.29, 1.82) is 0 Å². The van der Waals surface area contributed by atoms with Crippen LogP contribution in [-0.4, -0.2) is 11.1 Å². The molecular weight excluding hydrogens is 248 g/mol. The number of benzene rings is 2. The maximum absolute atomic E-state index is 13.2. The fraction of sp³-hybridized carbons (Fsp3) is 0.200. The van der Waals surface area contributed by atoms with E-state index in [1.54, 1.807) is 12.1 Å². The quantitative estimate of drug-likeness (QED) is 0.824. The van der Waals surface area contributed by atoms with E-state index in [9.17, 15) is 8.78 Å². The van der Waals surface area contributed by atoms with Gasteiger partial charge in [0.05, 0.1) is 0 Å². The maximum Gasteiger partial charge on any atom is 0.166 e. The smallest absolute Gasteiger partial charge is 0.166 e. The fourth-order valence-corrected chi connectivity index (χ4v) is 1.95. The van der Waals surface area contributed by atoms with Crippen LogP contribution < -0.4 is 5.32 Å². The molecule has 0 amide bonds. The Balaban J connectivity index is 2.01. The predicted molar refractivity (Wildman–Crippen MR) is 71.3 cm³/mol. The van der Waals surface area contributed by atoms with Gasteiger partial charge in [-0.05, 0) is 43.2 Å². The minimum atomic E-state index is -0.664. The minimum Gasteiger partial charge on any atom is -0.505 e. The van der Waals surface area contributed by atoms with Crippen LogP contribution in [-0.2, 0) is 6.42 Å². The Morgan fingerprint density at radius 1 is 1.16 bits per heavy atom. The molecule has 0 aliphatic carbocycles. The Kier molecular flexibility index (Phi) is 4.00. The summed E-state index contributed by atoms with van der Waals surface area (Å²) in [6.45, 7) is 1.93. The third-order valence-corrected chi connectivity index (χ3v) is 2.79. The van der Waals surface area contributed by atoms with Crippen molar-refractivity contribution in [2.45, 2.75) is 19.4 Å². The normalized spacial score (nSPS) is 12.2. The summed E-state index contributed by atoms with van der Waals surface area (Å²) in [6.07, 6.45) is 0.625. The van der Waals surface area contributed by atoms with E-state index in [4.69, 9.17) is 5.11 Å². The summed E-state index contributed by atoms with van der Waals surface area (Å²) in [5.74, 6) is -1.30. The van der Waals surface area contributed by atoms with E-state index in [0.717, 1.165) is 5.56 Å². The van der Waals surface area contributed by atoms with Crippen molar-refractivity contribution in [2.75, 3.05) is 5.32 Å². The van der Waals surface area contributed by atoms with Gasteiger partial charge in [-0.3, -0.25) is 0 Å². The van der Waals surface area contributed by atoms with Crippen molar-refractivity contribution in [2.24, 2.45) is 0 Å². The number of anilines is 1. The summed E-state index contributed by atoms with van der Waals surface area (Å²) < 4.78 is 26.2. The average molecular weight is 263 g/mol. The lowest BCUT2D eigenvalue weighted by molar-refractivity contribution is 0.432. The third kappa shape index (κ3) is 3.68. The van der Waals surface area contributed by atoms with E-state index in [2.05, 4.69) is 5.32 Å². The Hall–Kier alpha value is -2.10. The Bertz CT molecular complexity index is 572. The van der Waals surface area contributed by atoms with Crippen molar-refractivity contribution in [1.82, 2.24) is 0 Å². The number of halogens is 2. The molecule has 100 valence electrons. The maximum atomic E-state index is 13.2. The van der Waals surface area contributed by atoms with Crippen LogP contribution >= 0.6 is 0 Å². The molecule has 0 fully saturated rings. The first-order chi connectivity index (χ1) is 9.04. The van der Waals surface area contributed by atoms with Crippen LogP contribution in [0.5, 0.6) is 5.75 Å². The minimum absolute atomic E-state index is 0.0192. The molecule has 0 spiro atoms. The van der Waals surface area contributed by atoms with Gasteiger partial charge in [0.15, 0.2) is 11.6 Å². The first-order valence-corrected chi connectivity index (χ1v) is 6.04. The molecule has 2 nitrogen and oxygen atoms in total. The van der Waals surface area contributed by atoms with Gasteiger partial charge in [0.1, 0.15) is 5.82 Å². The molecule has 2 aromatic carbocycles. The van der Waals surface area contributed by atoms with E-state index in [-0.39, 0.29) is 17.6 Å². The summed E-state index contributed by atoms with van der Waals surface area (Å²) in [5, 5.41) is 12.2. The molecule has 2 aromatic rings. The molecule has 2 N–H and O–H groups in total. The molecule has 0 radical (unpaired) electrons. The summed E-state index contributed by atoms with van der Waals surface area (Å²) in [7, 11) is 0. The Labute approximate surface area is 110 Å². The van der Waals surface area contributed by atoms with Gasteiger partial charge in [-0.2, -0.15) is 0 Å². The molecule has 4 heteroatoms. The third-order valence-electron chi connectivity index (χ3n) is 2.79. The summed E-state index contributed by atoms with van der Waals surface area (Å²) in [4.78, 5) is 0. The molecule has 0 aliphatic heterocycles. The van der Waals surface area contributed by atoms with Crippen LogP contribution in [0.15, 0.2) is 42.5 Å². The lowest BCUT2D eigenvalue weighted by atomic mass is 10.1. The predicted octanol–water partition coefficient (Wildman–Crippen LogP) is 3.71. The Morgan fingerprint density at radius 2 is 1.95 bits per heavy atom. The number of phenols is 1. The first kappa shape index (κ1) is 13.3. The highest BCUT2D eigenvalue weighted by molar-refractivity contribution is 5.47. The lowest BCUT2D eigenvalue weighted by Gasteiger charge is -2.15. The monoisotopic (exact) mass is 263 g/mol. The number of aromatic hydroxyl groups is 1. The fourth-order valence-electron chi connectivity index (χ4n) is 1.95. The van der Waals surface area contributed by atoms with Crippen molar-refractivity contribution in [3.63, 3.8) is 0 Å². The lowest BCUT2D eigenvalue weighted by Crippen LogP contribution is -2.18. The number of nitrogens with one attached hydrogen (secondary N) is 1. The Morgan fingerprint density at radius 3 is 2.63 bits per heavy atom. The first-order valence-electron chi connectivity index (χ1n) is 6.04. The van der Waals surface area contributed by atoms with E-state index < -0.39 is 5.82 Å². The van der Waals surface area contributed by atoms with Gasteiger partial charge in [-0.25, -0.2) is 8.78 Å². The molecule has 19 heavy (non-hydrogen) atoms. The van der Waals surface area contributed by atoms with E-state index in [1.807, 2.05) is 13.0 Å². The highest BCUT2D eigenvalue weighted by Gasteiger charge is 2.06. The zero-order valence-corrected chi connectivity index (χ0v) is 10.5. The summed E-state index contributed by atoms with van der Waals surface area (Å²) >= 11 is 0. The van der Waals surface area contributed by atoms with Gasteiger partial charge in [-0.1, -0.05) is 12.1 Å². The van der Waals surface area contributed by atoms with Crippen LogP contribution in [0.2, 0.25) is 0 Å². The van der Waals surface area contributed by atoms with Gasteiger partial charge in [0.25, 0.3) is 0 Å². The average Bonchev–Trinajstić information content (AvgIpc) is 2.34. The highest BCUT2D eigenvalue weighted by Crippen LogP contribution is 2.20. The van der Waals surface area contributed by atoms with Crippen LogP contribution in [0.3, 0.4) is 0 Å². The van der Waals surface area contributed by atoms with Crippen LogP contribution in [0.4, 0.5) is 14.5 Å². The molecule has 2 rings (SSSR count). The van der Waals surface area contributed by atoms with Crippen LogP contribution in [0, 0.1) is 11.6 Å². The highest BCUT2D eigenvalue weighted by atomic mass is 19.1. The van der Waals surface area contributed by atoms with Crippen molar-refractivity contribution < 1.29 is 13.9 Å². The summed E-state index contributed by atoms with van der Waals surface area (Å²) in [5.41, 5.74) is 1.46. The van der Waals surface area contributed by atoms with E-state index >= 15 is 0 Å². The standard InChI is InChI=1S/C15H15F2NO/c1-10(7-11-3-2-4-12(16)8-11)18-13-5-6-15(19)14(17)9-13/h2-6,8-10,18-19H,7H2,1H3. The molecule has 0 bridgehead atoms. The molecule has 0 aromatic heterocycles. The topological polar surface area (TPSA) is 32.3 Å². The van der Waals surface area contributed by atoms with Crippen molar-refractivity contribution >= 4 is 5.69 Å². The second-order valence-corrected chi connectivity index (χ2v) is 4.55. The van der Waals surface area contributed by atoms with Crippen molar-refractivity contribution in [3.05, 3.63) is 59.7 Å². The van der Waals surface area contributed by atoms with Gasteiger partial charge in [0, 0.05) is 17.8 Å². The number of hydrogen-bond donors (Lipinski definition) is 2. The number of phenolic OH excluding ortho intramolecular Hbond substituents is 1. The van der Waals surface area contributed by atoms with E-state index in [0.29, 0.717) is 12.1 Å². The molecule has 0 heterocycles. The second kappa shape index (κ2) is 5.69.